The van der Waals surface area contributed by atoms with E-state index >= 15 is 0 Å². The highest BCUT2D eigenvalue weighted by Gasteiger charge is 2.17. The first kappa shape index (κ1) is 15.1. The van der Waals surface area contributed by atoms with E-state index in [2.05, 4.69) is 25.5 Å². The summed E-state index contributed by atoms with van der Waals surface area (Å²) in [5, 5.41) is 10.9. The number of aromatic nitrogens is 4. The van der Waals surface area contributed by atoms with Crippen LogP contribution in [-0.4, -0.2) is 26.1 Å². The Balaban J connectivity index is 1.73. The van der Waals surface area contributed by atoms with Crippen molar-refractivity contribution in [3.63, 3.8) is 0 Å². The van der Waals surface area contributed by atoms with Gasteiger partial charge in [-0.2, -0.15) is 0 Å². The second-order valence-corrected chi connectivity index (χ2v) is 5.66. The van der Waals surface area contributed by atoms with E-state index in [1.807, 2.05) is 5.38 Å². The zero-order valence-electron chi connectivity index (χ0n) is 12.0. The van der Waals surface area contributed by atoms with Gasteiger partial charge in [-0.15, -0.1) is 16.4 Å². The van der Waals surface area contributed by atoms with Crippen LogP contribution in [0.2, 0.25) is 0 Å². The number of H-pyrrole nitrogens is 2. The van der Waals surface area contributed by atoms with E-state index in [0.29, 0.717) is 5.69 Å². The zero-order chi connectivity index (χ0) is 16.4. The van der Waals surface area contributed by atoms with Gasteiger partial charge >= 0.3 is 5.69 Å². The predicted molar refractivity (Wildman–Crippen MR) is 82.6 cm³/mol. The van der Waals surface area contributed by atoms with Crippen LogP contribution >= 0.6 is 11.3 Å². The summed E-state index contributed by atoms with van der Waals surface area (Å²) in [6.45, 7) is 1.77. The zero-order valence-corrected chi connectivity index (χ0v) is 12.8. The van der Waals surface area contributed by atoms with E-state index in [0.717, 1.165) is 10.6 Å². The molecule has 0 aliphatic rings. The molecule has 0 spiro atoms. The summed E-state index contributed by atoms with van der Waals surface area (Å²) >= 11 is 1.40. The smallest absolute Gasteiger partial charge is 0.341 e. The van der Waals surface area contributed by atoms with Crippen molar-refractivity contribution in [3.05, 3.63) is 57.5 Å². The molecule has 3 aromatic rings. The molecule has 2 aromatic heterocycles. The number of carbonyl (C=O) groups excluding carboxylic acids is 1. The number of benzene rings is 1. The molecule has 1 atom stereocenters. The largest absolute Gasteiger partial charge is 0.341 e. The fraction of sp³-hybridized carbons (Fsp3) is 0.143. The van der Waals surface area contributed by atoms with Crippen molar-refractivity contribution in [3.8, 4) is 10.6 Å². The van der Waals surface area contributed by atoms with Crippen molar-refractivity contribution in [2.45, 2.75) is 13.0 Å². The standard InChI is InChI=1S/C14H12FN5O2S/c1-7(16-12(21)11-18-14(22)20-19-11)10-6-23-13(17-10)8-2-4-9(15)5-3-8/h2-7H,1H3,(H,16,21)(H2,18,19,20,22). The fourth-order valence-electron chi connectivity index (χ4n) is 1.93. The second kappa shape index (κ2) is 6.13. The molecule has 0 saturated heterocycles. The normalized spacial score (nSPS) is 12.1. The summed E-state index contributed by atoms with van der Waals surface area (Å²) in [4.78, 5) is 29.6. The summed E-state index contributed by atoms with van der Waals surface area (Å²) in [5.41, 5.74) is 0.924. The molecule has 9 heteroatoms. The molecule has 23 heavy (non-hydrogen) atoms. The first-order valence-corrected chi connectivity index (χ1v) is 7.58. The average molecular weight is 333 g/mol. The Hall–Kier alpha value is -2.81. The number of amides is 1. The van der Waals surface area contributed by atoms with Crippen molar-refractivity contribution in [2.24, 2.45) is 0 Å². The minimum atomic E-state index is -0.546. The lowest BCUT2D eigenvalue weighted by atomic mass is 10.2. The third kappa shape index (κ3) is 3.34. The van der Waals surface area contributed by atoms with Gasteiger partial charge in [-0.1, -0.05) is 0 Å². The molecule has 1 aromatic carbocycles. The van der Waals surface area contributed by atoms with Crippen molar-refractivity contribution in [2.75, 3.05) is 0 Å². The molecule has 118 valence electrons. The van der Waals surface area contributed by atoms with Crippen molar-refractivity contribution >= 4 is 17.2 Å². The van der Waals surface area contributed by atoms with Crippen molar-refractivity contribution in [1.82, 2.24) is 25.5 Å². The van der Waals surface area contributed by atoms with E-state index in [-0.39, 0.29) is 17.7 Å². The van der Waals surface area contributed by atoms with Gasteiger partial charge in [0.15, 0.2) is 0 Å². The van der Waals surface area contributed by atoms with E-state index in [1.54, 1.807) is 19.1 Å². The summed E-state index contributed by atoms with van der Waals surface area (Å²) in [6.07, 6.45) is 0. The minimum absolute atomic E-state index is 0.0872. The summed E-state index contributed by atoms with van der Waals surface area (Å²) in [5.74, 6) is -0.901. The number of aromatic amines is 2. The van der Waals surface area contributed by atoms with Crippen LogP contribution in [0.25, 0.3) is 10.6 Å². The fourth-order valence-corrected chi connectivity index (χ4v) is 2.85. The quantitative estimate of drug-likeness (QED) is 0.678. The first-order valence-electron chi connectivity index (χ1n) is 6.70. The highest BCUT2D eigenvalue weighted by molar-refractivity contribution is 7.13. The Kier molecular flexibility index (Phi) is 4.02. The highest BCUT2D eigenvalue weighted by atomic mass is 32.1. The van der Waals surface area contributed by atoms with Crippen LogP contribution in [0.15, 0.2) is 34.4 Å². The summed E-state index contributed by atoms with van der Waals surface area (Å²) < 4.78 is 12.9. The van der Waals surface area contributed by atoms with E-state index in [4.69, 9.17) is 0 Å². The van der Waals surface area contributed by atoms with Crippen LogP contribution in [0.4, 0.5) is 4.39 Å². The Morgan fingerprint density at radius 2 is 2.09 bits per heavy atom. The lowest BCUT2D eigenvalue weighted by molar-refractivity contribution is 0.0929. The maximum absolute atomic E-state index is 12.9. The van der Waals surface area contributed by atoms with Gasteiger partial charge in [0.25, 0.3) is 5.91 Å². The number of nitrogens with zero attached hydrogens (tertiary/aromatic N) is 2. The molecule has 3 rings (SSSR count). The summed E-state index contributed by atoms with van der Waals surface area (Å²) in [7, 11) is 0. The lowest BCUT2D eigenvalue weighted by Gasteiger charge is -2.09. The number of carbonyl (C=O) groups is 1. The molecule has 7 nitrogen and oxygen atoms in total. The second-order valence-electron chi connectivity index (χ2n) is 4.81. The van der Waals surface area contributed by atoms with Crippen LogP contribution < -0.4 is 11.0 Å². The topological polar surface area (TPSA) is 104 Å². The third-order valence-corrected chi connectivity index (χ3v) is 4.03. The molecule has 0 saturated carbocycles. The van der Waals surface area contributed by atoms with Gasteiger partial charge in [0, 0.05) is 10.9 Å². The number of halogens is 1. The Bertz CT molecular complexity index is 883. The SMILES string of the molecule is CC(NC(=O)c1n[nH]c(=O)[nH]1)c1csc(-c2ccc(F)cc2)n1. The third-order valence-electron chi connectivity index (χ3n) is 3.12. The molecule has 0 bridgehead atoms. The van der Waals surface area contributed by atoms with Gasteiger partial charge in [-0.3, -0.25) is 9.78 Å². The van der Waals surface area contributed by atoms with Gasteiger partial charge in [0.2, 0.25) is 5.82 Å². The van der Waals surface area contributed by atoms with Crippen LogP contribution in [0, 0.1) is 5.82 Å². The molecular formula is C14H12FN5O2S. The average Bonchev–Trinajstić information content (AvgIpc) is 3.17. The lowest BCUT2D eigenvalue weighted by Crippen LogP contribution is -2.28. The Labute approximate surface area is 133 Å². The molecular weight excluding hydrogens is 321 g/mol. The Morgan fingerprint density at radius 3 is 2.74 bits per heavy atom. The number of rotatable bonds is 4. The van der Waals surface area contributed by atoms with Gasteiger partial charge in [0.1, 0.15) is 10.8 Å². The minimum Gasteiger partial charge on any atom is -0.341 e. The molecule has 3 N–H and O–H groups in total. The molecule has 1 unspecified atom stereocenters. The van der Waals surface area contributed by atoms with Gasteiger partial charge < -0.3 is 5.32 Å². The van der Waals surface area contributed by atoms with Gasteiger partial charge in [-0.05, 0) is 31.2 Å². The van der Waals surface area contributed by atoms with E-state index in [1.165, 1.54) is 23.5 Å². The highest BCUT2D eigenvalue weighted by Crippen LogP contribution is 2.26. The van der Waals surface area contributed by atoms with E-state index in [9.17, 15) is 14.0 Å². The molecule has 0 aliphatic carbocycles. The van der Waals surface area contributed by atoms with Crippen LogP contribution in [0.5, 0.6) is 0 Å². The first-order chi connectivity index (χ1) is 11.0. The summed E-state index contributed by atoms with van der Waals surface area (Å²) in [6, 6.07) is 5.67. The molecule has 0 radical (unpaired) electrons. The Morgan fingerprint density at radius 1 is 1.35 bits per heavy atom. The predicted octanol–water partition coefficient (Wildman–Crippen LogP) is 1.85. The number of nitrogens with one attached hydrogen (secondary N) is 3. The number of thiazole rings is 1. The number of hydrogen-bond donors (Lipinski definition) is 3. The van der Waals surface area contributed by atoms with E-state index < -0.39 is 11.6 Å². The molecule has 1 amide bonds. The molecule has 2 heterocycles. The van der Waals surface area contributed by atoms with Gasteiger partial charge in [0.05, 0.1) is 11.7 Å². The number of hydrogen-bond acceptors (Lipinski definition) is 5. The maximum atomic E-state index is 12.9. The van der Waals surface area contributed by atoms with Crippen molar-refractivity contribution in [1.29, 1.82) is 0 Å². The van der Waals surface area contributed by atoms with Crippen LogP contribution in [0.3, 0.4) is 0 Å². The maximum Gasteiger partial charge on any atom is 0.341 e. The monoisotopic (exact) mass is 333 g/mol. The van der Waals surface area contributed by atoms with Crippen LogP contribution in [0.1, 0.15) is 29.3 Å². The molecule has 0 fully saturated rings. The van der Waals surface area contributed by atoms with Gasteiger partial charge in [-0.25, -0.2) is 19.3 Å². The van der Waals surface area contributed by atoms with Crippen LogP contribution in [-0.2, 0) is 0 Å². The molecule has 0 aliphatic heterocycles. The van der Waals surface area contributed by atoms with Crippen molar-refractivity contribution < 1.29 is 9.18 Å².